The van der Waals surface area contributed by atoms with E-state index in [4.69, 9.17) is 5.21 Å². The molecule has 3 fully saturated rings. The standard InChI is InChI=1S/C10H17NO2/c1-9(2)6-4-7(9)10(3,12)8(5-6)11-13/h6-7,12-13H,4-5H2,1-3H3/b11-8-/t6-,7-,10+/m0/s1. The molecule has 0 radical (unpaired) electrons. The Labute approximate surface area is 78.4 Å². The van der Waals surface area contributed by atoms with Crippen molar-refractivity contribution in [3.8, 4) is 0 Å². The summed E-state index contributed by atoms with van der Waals surface area (Å²) in [5.41, 5.74) is -0.127. The molecule has 74 valence electrons. The number of hydrogen-bond acceptors (Lipinski definition) is 3. The molecule has 0 amide bonds. The molecule has 3 nitrogen and oxygen atoms in total. The van der Waals surface area contributed by atoms with Gasteiger partial charge in [-0.15, -0.1) is 0 Å². The Kier molecular flexibility index (Phi) is 1.57. The van der Waals surface area contributed by atoms with E-state index in [2.05, 4.69) is 19.0 Å². The largest absolute Gasteiger partial charge is 0.411 e. The molecule has 2 N–H and O–H groups in total. The van der Waals surface area contributed by atoms with Crippen LogP contribution in [0.2, 0.25) is 0 Å². The summed E-state index contributed by atoms with van der Waals surface area (Å²) in [5.74, 6) is 0.841. The number of aliphatic hydroxyl groups is 1. The van der Waals surface area contributed by atoms with E-state index in [0.29, 0.717) is 11.6 Å². The lowest BCUT2D eigenvalue weighted by molar-refractivity contribution is -0.135. The van der Waals surface area contributed by atoms with Crippen LogP contribution in [0.25, 0.3) is 0 Å². The second kappa shape index (κ2) is 2.27. The van der Waals surface area contributed by atoms with Gasteiger partial charge in [-0.2, -0.15) is 0 Å². The van der Waals surface area contributed by atoms with Gasteiger partial charge in [-0.05, 0) is 37.0 Å². The van der Waals surface area contributed by atoms with E-state index >= 15 is 0 Å². The molecule has 0 aromatic rings. The van der Waals surface area contributed by atoms with Gasteiger partial charge in [-0.1, -0.05) is 19.0 Å². The summed E-state index contributed by atoms with van der Waals surface area (Å²) in [4.78, 5) is 0. The van der Waals surface area contributed by atoms with Crippen molar-refractivity contribution < 1.29 is 10.3 Å². The highest BCUT2D eigenvalue weighted by atomic mass is 16.4. The molecule has 3 heteroatoms. The maximum absolute atomic E-state index is 10.2. The second-order valence-electron chi connectivity index (χ2n) is 5.20. The molecule has 13 heavy (non-hydrogen) atoms. The van der Waals surface area contributed by atoms with Crippen LogP contribution in [-0.2, 0) is 0 Å². The van der Waals surface area contributed by atoms with Crippen molar-refractivity contribution in [3.63, 3.8) is 0 Å². The third kappa shape index (κ3) is 0.909. The number of fused-ring (bicyclic) bond motifs is 2. The first-order valence-corrected chi connectivity index (χ1v) is 4.84. The molecule has 0 aromatic heterocycles. The molecule has 0 unspecified atom stereocenters. The Bertz CT molecular complexity index is 268. The SMILES string of the molecule is CC1(C)[C@@H]2C/C(=N/O)[C@](C)(O)[C@H]1C2. The van der Waals surface area contributed by atoms with Crippen LogP contribution in [0.15, 0.2) is 5.16 Å². The number of hydrogen-bond donors (Lipinski definition) is 2. The first-order chi connectivity index (χ1) is 5.90. The van der Waals surface area contributed by atoms with Gasteiger partial charge in [0.05, 0.1) is 5.71 Å². The van der Waals surface area contributed by atoms with Crippen molar-refractivity contribution in [1.82, 2.24) is 0 Å². The first-order valence-electron chi connectivity index (χ1n) is 4.84. The zero-order valence-electron chi connectivity index (χ0n) is 8.41. The fraction of sp³-hybridized carbons (Fsp3) is 0.900. The summed E-state index contributed by atoms with van der Waals surface area (Å²) in [6.45, 7) is 6.15. The molecule has 3 rings (SSSR count). The van der Waals surface area contributed by atoms with E-state index in [1.165, 1.54) is 0 Å². The van der Waals surface area contributed by atoms with Gasteiger partial charge in [0.1, 0.15) is 5.60 Å². The van der Waals surface area contributed by atoms with Crippen molar-refractivity contribution in [2.75, 3.05) is 0 Å². The van der Waals surface area contributed by atoms with Gasteiger partial charge in [0.2, 0.25) is 0 Å². The lowest BCUT2D eigenvalue weighted by Crippen LogP contribution is -2.64. The van der Waals surface area contributed by atoms with E-state index in [-0.39, 0.29) is 11.3 Å². The molecule has 2 bridgehead atoms. The highest BCUT2D eigenvalue weighted by Gasteiger charge is 2.61. The third-order valence-electron chi connectivity index (χ3n) is 4.29. The van der Waals surface area contributed by atoms with E-state index < -0.39 is 5.60 Å². The van der Waals surface area contributed by atoms with E-state index in [1.54, 1.807) is 6.92 Å². The van der Waals surface area contributed by atoms with Crippen LogP contribution in [0.4, 0.5) is 0 Å². The second-order valence-corrected chi connectivity index (χ2v) is 5.20. The Morgan fingerprint density at radius 1 is 1.38 bits per heavy atom. The predicted octanol–water partition coefficient (Wildman–Crippen LogP) is 1.63. The molecule has 0 heterocycles. The zero-order chi connectivity index (χ0) is 9.85. The first kappa shape index (κ1) is 9.00. The monoisotopic (exact) mass is 183 g/mol. The van der Waals surface area contributed by atoms with Crippen molar-refractivity contribution in [2.24, 2.45) is 22.4 Å². The van der Waals surface area contributed by atoms with E-state index in [1.807, 2.05) is 0 Å². The lowest BCUT2D eigenvalue weighted by atomic mass is 9.44. The predicted molar refractivity (Wildman–Crippen MR) is 49.8 cm³/mol. The van der Waals surface area contributed by atoms with Crippen LogP contribution in [0, 0.1) is 17.3 Å². The van der Waals surface area contributed by atoms with Crippen LogP contribution in [0.1, 0.15) is 33.6 Å². The topological polar surface area (TPSA) is 52.8 Å². The molecular weight excluding hydrogens is 166 g/mol. The molecular formula is C10H17NO2. The summed E-state index contributed by atoms with van der Waals surface area (Å²) < 4.78 is 0. The molecule has 0 aromatic carbocycles. The fourth-order valence-electron chi connectivity index (χ4n) is 3.10. The minimum atomic E-state index is -0.896. The minimum Gasteiger partial charge on any atom is -0.411 e. The highest BCUT2D eigenvalue weighted by molar-refractivity contribution is 5.94. The van der Waals surface area contributed by atoms with Gasteiger partial charge in [-0.25, -0.2) is 0 Å². The number of oxime groups is 1. The maximum atomic E-state index is 10.2. The Morgan fingerprint density at radius 3 is 2.38 bits per heavy atom. The minimum absolute atomic E-state index is 0.206. The molecule has 3 aliphatic carbocycles. The summed E-state index contributed by atoms with van der Waals surface area (Å²) in [6.07, 6.45) is 1.81. The Morgan fingerprint density at radius 2 is 2.00 bits per heavy atom. The van der Waals surface area contributed by atoms with Crippen LogP contribution in [-0.4, -0.2) is 21.6 Å². The zero-order valence-corrected chi connectivity index (χ0v) is 8.41. The molecule has 3 saturated carbocycles. The fourth-order valence-corrected chi connectivity index (χ4v) is 3.10. The van der Waals surface area contributed by atoms with E-state index in [0.717, 1.165) is 12.8 Å². The molecule has 3 aliphatic rings. The number of rotatable bonds is 0. The molecule has 0 spiro atoms. The van der Waals surface area contributed by atoms with Crippen LogP contribution in [0.5, 0.6) is 0 Å². The summed E-state index contributed by atoms with van der Waals surface area (Å²) >= 11 is 0. The van der Waals surface area contributed by atoms with Gasteiger partial charge in [-0.3, -0.25) is 0 Å². The maximum Gasteiger partial charge on any atom is 0.106 e. The van der Waals surface area contributed by atoms with Crippen molar-refractivity contribution in [1.29, 1.82) is 0 Å². The van der Waals surface area contributed by atoms with Crippen LogP contribution in [0.3, 0.4) is 0 Å². The van der Waals surface area contributed by atoms with E-state index in [9.17, 15) is 5.11 Å². The van der Waals surface area contributed by atoms with Gasteiger partial charge >= 0.3 is 0 Å². The third-order valence-corrected chi connectivity index (χ3v) is 4.29. The smallest absolute Gasteiger partial charge is 0.106 e. The van der Waals surface area contributed by atoms with Gasteiger partial charge in [0.15, 0.2) is 0 Å². The lowest BCUT2D eigenvalue weighted by Gasteiger charge is -2.62. The Hall–Kier alpha value is -0.570. The van der Waals surface area contributed by atoms with Crippen molar-refractivity contribution in [2.45, 2.75) is 39.2 Å². The highest BCUT2D eigenvalue weighted by Crippen LogP contribution is 2.61. The summed E-state index contributed by atoms with van der Waals surface area (Å²) in [6, 6.07) is 0. The quantitative estimate of drug-likeness (QED) is 0.443. The van der Waals surface area contributed by atoms with Gasteiger partial charge in [0.25, 0.3) is 0 Å². The van der Waals surface area contributed by atoms with Crippen LogP contribution >= 0.6 is 0 Å². The average Bonchev–Trinajstić information content (AvgIpc) is 2.01. The number of nitrogens with zero attached hydrogens (tertiary/aromatic N) is 1. The van der Waals surface area contributed by atoms with Crippen molar-refractivity contribution in [3.05, 3.63) is 0 Å². The van der Waals surface area contributed by atoms with Crippen LogP contribution < -0.4 is 0 Å². The normalized spacial score (nSPS) is 50.3. The van der Waals surface area contributed by atoms with Gasteiger partial charge < -0.3 is 10.3 Å². The summed E-state index contributed by atoms with van der Waals surface area (Å²) in [5, 5.41) is 22.2. The molecule has 0 saturated heterocycles. The molecule has 3 atom stereocenters. The van der Waals surface area contributed by atoms with Gasteiger partial charge in [0, 0.05) is 0 Å². The summed E-state index contributed by atoms with van der Waals surface area (Å²) in [7, 11) is 0. The average molecular weight is 183 g/mol. The van der Waals surface area contributed by atoms with Crippen molar-refractivity contribution >= 4 is 5.71 Å². The Balaban J connectivity index is 2.34. The molecule has 0 aliphatic heterocycles.